The molecule has 0 aliphatic carbocycles. The van der Waals surface area contributed by atoms with Crippen molar-refractivity contribution in [1.29, 1.82) is 0 Å². The number of amides is 1. The fourth-order valence-corrected chi connectivity index (χ4v) is 2.59. The summed E-state index contributed by atoms with van der Waals surface area (Å²) in [6.07, 6.45) is 0.578. The highest BCUT2D eigenvalue weighted by atomic mass is 19.1. The van der Waals surface area contributed by atoms with Gasteiger partial charge in [-0.25, -0.2) is 13.6 Å². The normalized spacial score (nSPS) is 18.7. The lowest BCUT2D eigenvalue weighted by molar-refractivity contribution is 0.00578. The van der Waals surface area contributed by atoms with E-state index >= 15 is 0 Å². The van der Waals surface area contributed by atoms with Gasteiger partial charge in [0.2, 0.25) is 0 Å². The molecule has 9 heteroatoms. The molecule has 1 heterocycles. The Morgan fingerprint density at radius 1 is 1.21 bits per heavy atom. The Morgan fingerprint density at radius 2 is 1.76 bits per heavy atom. The van der Waals surface area contributed by atoms with Crippen molar-refractivity contribution in [2.75, 3.05) is 12.3 Å². The number of nitrogens with two attached hydrogens (primary N) is 1. The maximum atomic E-state index is 14.4. The van der Waals surface area contributed by atoms with Crippen LogP contribution in [-0.4, -0.2) is 36.6 Å². The van der Waals surface area contributed by atoms with Gasteiger partial charge in [-0.2, -0.15) is 0 Å². The molecule has 1 aliphatic rings. The van der Waals surface area contributed by atoms with Crippen molar-refractivity contribution in [3.8, 4) is 0 Å². The molecule has 0 radical (unpaired) electrons. The minimum absolute atomic E-state index is 0.0978. The molecule has 0 unspecified atom stereocenters. The first-order valence-electron chi connectivity index (χ1n) is 9.39. The van der Waals surface area contributed by atoms with Crippen LogP contribution in [0.4, 0.5) is 19.3 Å². The van der Waals surface area contributed by atoms with Crippen molar-refractivity contribution < 1.29 is 27.6 Å². The summed E-state index contributed by atoms with van der Waals surface area (Å²) in [7, 11) is -0.921. The van der Waals surface area contributed by atoms with Crippen LogP contribution in [0.3, 0.4) is 0 Å². The average Bonchev–Trinajstić information content (AvgIpc) is 2.76. The molecule has 2 rings (SSSR count). The van der Waals surface area contributed by atoms with Crippen LogP contribution >= 0.6 is 0 Å². The van der Waals surface area contributed by atoms with Gasteiger partial charge in [0.15, 0.2) is 5.82 Å². The van der Waals surface area contributed by atoms with Crippen molar-refractivity contribution in [3.05, 3.63) is 34.8 Å². The molecule has 0 aromatic heterocycles. The molecule has 3 N–H and O–H groups in total. The number of hydrogen-bond donors (Lipinski definition) is 2. The number of hydrogen-bond acceptors (Lipinski definition) is 5. The first kappa shape index (κ1) is 23.2. The summed E-state index contributed by atoms with van der Waals surface area (Å²) in [5.74, 6) is -1.68. The summed E-state index contributed by atoms with van der Waals surface area (Å²) in [6, 6.07) is 2.23. The third-order valence-corrected chi connectivity index (χ3v) is 4.88. The van der Waals surface area contributed by atoms with Crippen molar-refractivity contribution in [2.24, 2.45) is 0 Å². The monoisotopic (exact) mass is 410 g/mol. The molecular weight excluding hydrogens is 381 g/mol. The lowest BCUT2D eigenvalue weighted by Gasteiger charge is -2.32. The number of halogens is 2. The molecule has 0 bridgehead atoms. The molecule has 1 aromatic rings. The number of carbonyl (C=O) groups is 1. The molecule has 1 aliphatic heterocycles. The second kappa shape index (κ2) is 7.95. The SMILES string of the molecule is CC(C)(C)OC(=O)NCC(=Cc1c(F)ccc(N)c1F)B1OC(C)(C)C(C)(C)O1. The highest BCUT2D eigenvalue weighted by molar-refractivity contribution is 6.56. The fourth-order valence-electron chi connectivity index (χ4n) is 2.59. The van der Waals surface area contributed by atoms with Gasteiger partial charge in [-0.05, 0) is 66.1 Å². The zero-order valence-corrected chi connectivity index (χ0v) is 18.0. The minimum atomic E-state index is -0.921. The molecule has 1 aromatic carbocycles. The van der Waals surface area contributed by atoms with Gasteiger partial charge in [0.05, 0.1) is 16.9 Å². The number of benzene rings is 1. The van der Waals surface area contributed by atoms with Gasteiger partial charge in [-0.3, -0.25) is 0 Å². The molecule has 6 nitrogen and oxygen atoms in total. The number of anilines is 1. The van der Waals surface area contributed by atoms with E-state index in [4.69, 9.17) is 19.8 Å². The molecule has 29 heavy (non-hydrogen) atoms. The third kappa shape index (κ3) is 5.48. The van der Waals surface area contributed by atoms with Crippen LogP contribution in [-0.2, 0) is 14.0 Å². The summed E-state index contributed by atoms with van der Waals surface area (Å²) in [6.45, 7) is 12.5. The maximum Gasteiger partial charge on any atom is 0.492 e. The summed E-state index contributed by atoms with van der Waals surface area (Å²) >= 11 is 0. The van der Waals surface area contributed by atoms with E-state index < -0.39 is 41.6 Å². The van der Waals surface area contributed by atoms with E-state index in [9.17, 15) is 13.6 Å². The number of carbonyl (C=O) groups excluding carboxylic acids is 1. The second-order valence-electron chi connectivity index (χ2n) is 9.03. The van der Waals surface area contributed by atoms with Crippen LogP contribution in [0.1, 0.15) is 54.0 Å². The van der Waals surface area contributed by atoms with E-state index in [0.29, 0.717) is 5.47 Å². The number of ether oxygens (including phenoxy) is 1. The Hall–Kier alpha value is -2.13. The number of alkyl carbamates (subject to hydrolysis) is 1. The molecule has 1 fully saturated rings. The van der Waals surface area contributed by atoms with Gasteiger partial charge in [-0.1, -0.05) is 6.08 Å². The summed E-state index contributed by atoms with van der Waals surface area (Å²) in [5.41, 5.74) is 3.34. The molecule has 1 amide bonds. The number of rotatable bonds is 4. The third-order valence-electron chi connectivity index (χ3n) is 4.88. The van der Waals surface area contributed by atoms with E-state index in [1.807, 2.05) is 27.7 Å². The molecule has 160 valence electrons. The van der Waals surface area contributed by atoms with Crippen LogP contribution in [0.2, 0.25) is 0 Å². The standard InChI is InChI=1S/C20H29BF2N2O4/c1-18(2,3)27-17(26)25-11-12(21-28-19(4,5)20(6,7)29-21)10-13-14(22)8-9-15(24)16(13)23/h8-10H,11,24H2,1-7H3,(H,25,26). The quantitative estimate of drug-likeness (QED) is 0.577. The largest absolute Gasteiger partial charge is 0.492 e. The lowest BCUT2D eigenvalue weighted by Crippen LogP contribution is -2.41. The Balaban J connectivity index is 2.37. The minimum Gasteiger partial charge on any atom is -0.444 e. The second-order valence-corrected chi connectivity index (χ2v) is 9.03. The molecule has 0 saturated carbocycles. The molecule has 1 saturated heterocycles. The van der Waals surface area contributed by atoms with Crippen molar-refractivity contribution >= 4 is 25.0 Å². The predicted octanol–water partition coefficient (Wildman–Crippen LogP) is 4.09. The zero-order valence-electron chi connectivity index (χ0n) is 18.0. The smallest absolute Gasteiger partial charge is 0.444 e. The fraction of sp³-hybridized carbons (Fsp3) is 0.550. The van der Waals surface area contributed by atoms with Gasteiger partial charge in [0.1, 0.15) is 11.4 Å². The molecular formula is C20H29BF2N2O4. The van der Waals surface area contributed by atoms with E-state index in [1.165, 1.54) is 6.08 Å². The van der Waals surface area contributed by atoms with E-state index in [1.54, 1.807) is 20.8 Å². The topological polar surface area (TPSA) is 82.8 Å². The van der Waals surface area contributed by atoms with Gasteiger partial charge in [0, 0.05) is 12.1 Å². The van der Waals surface area contributed by atoms with Crippen molar-refractivity contribution in [3.63, 3.8) is 0 Å². The summed E-state index contributed by atoms with van der Waals surface area (Å²) in [5, 5.41) is 2.58. The Kier molecular flexibility index (Phi) is 6.35. The Morgan fingerprint density at radius 3 is 2.28 bits per heavy atom. The highest BCUT2D eigenvalue weighted by Crippen LogP contribution is 2.39. The summed E-state index contributed by atoms with van der Waals surface area (Å²) in [4.78, 5) is 12.1. The maximum absolute atomic E-state index is 14.4. The first-order valence-corrected chi connectivity index (χ1v) is 9.39. The first-order chi connectivity index (χ1) is 13.1. The van der Waals surface area contributed by atoms with Crippen molar-refractivity contribution in [2.45, 2.75) is 65.3 Å². The van der Waals surface area contributed by atoms with Crippen LogP contribution in [0, 0.1) is 11.6 Å². The molecule has 0 spiro atoms. The van der Waals surface area contributed by atoms with Gasteiger partial charge < -0.3 is 25.1 Å². The Bertz CT molecular complexity index is 803. The Labute approximate surface area is 170 Å². The van der Waals surface area contributed by atoms with E-state index in [-0.39, 0.29) is 17.8 Å². The van der Waals surface area contributed by atoms with Crippen LogP contribution in [0.5, 0.6) is 0 Å². The van der Waals surface area contributed by atoms with E-state index in [2.05, 4.69) is 5.32 Å². The highest BCUT2D eigenvalue weighted by Gasteiger charge is 2.52. The van der Waals surface area contributed by atoms with Crippen LogP contribution < -0.4 is 11.1 Å². The van der Waals surface area contributed by atoms with Gasteiger partial charge >= 0.3 is 13.2 Å². The average molecular weight is 410 g/mol. The van der Waals surface area contributed by atoms with Gasteiger partial charge in [0.25, 0.3) is 0 Å². The zero-order chi connectivity index (χ0) is 22.2. The number of nitrogen functional groups attached to an aromatic ring is 1. The van der Waals surface area contributed by atoms with Crippen LogP contribution in [0.15, 0.2) is 17.6 Å². The lowest BCUT2D eigenvalue weighted by atomic mass is 9.77. The summed E-state index contributed by atoms with van der Waals surface area (Å²) < 4.78 is 45.9. The number of nitrogens with one attached hydrogen (secondary N) is 1. The van der Waals surface area contributed by atoms with Gasteiger partial charge in [-0.15, -0.1) is 0 Å². The van der Waals surface area contributed by atoms with Crippen molar-refractivity contribution in [1.82, 2.24) is 5.32 Å². The van der Waals surface area contributed by atoms with E-state index in [0.717, 1.165) is 12.1 Å². The van der Waals surface area contributed by atoms with Crippen LogP contribution in [0.25, 0.3) is 6.08 Å². The molecule has 0 atom stereocenters. The predicted molar refractivity (Wildman–Crippen MR) is 109 cm³/mol.